The maximum Gasteiger partial charge on any atom is 0.202 e. The molecule has 1 aromatic rings. The lowest BCUT2D eigenvalue weighted by Crippen LogP contribution is -2.30. The van der Waals surface area contributed by atoms with Gasteiger partial charge in [0.15, 0.2) is 0 Å². The maximum absolute atomic E-state index is 5.91. The first-order chi connectivity index (χ1) is 7.20. The predicted octanol–water partition coefficient (Wildman–Crippen LogP) is 1.15. The fourth-order valence-corrected chi connectivity index (χ4v) is 2.10. The van der Waals surface area contributed by atoms with Crippen molar-refractivity contribution < 1.29 is 0 Å². The zero-order valence-corrected chi connectivity index (χ0v) is 9.53. The van der Waals surface area contributed by atoms with Crippen LogP contribution in [0.5, 0.6) is 0 Å². The third-order valence-corrected chi connectivity index (χ3v) is 3.26. The van der Waals surface area contributed by atoms with Gasteiger partial charge in [-0.1, -0.05) is 6.92 Å². The highest BCUT2D eigenvalue weighted by Crippen LogP contribution is 2.22. The first-order valence-electron chi connectivity index (χ1n) is 5.75. The van der Waals surface area contributed by atoms with Gasteiger partial charge in [0.1, 0.15) is 0 Å². The minimum absolute atomic E-state index is 0.288. The standard InChI is InChI=1S/C11H20N4/c1-3-10-6-13-11(14-10)15-5-4-9(7-15)8(2)12/h6,8-9H,3-5,7,12H2,1-2H3,(H,13,14). The highest BCUT2D eigenvalue weighted by molar-refractivity contribution is 5.33. The molecule has 2 heterocycles. The van der Waals surface area contributed by atoms with Crippen molar-refractivity contribution in [3.8, 4) is 0 Å². The van der Waals surface area contributed by atoms with Crippen molar-refractivity contribution in [1.82, 2.24) is 9.97 Å². The molecule has 1 fully saturated rings. The van der Waals surface area contributed by atoms with E-state index >= 15 is 0 Å². The normalized spacial score (nSPS) is 23.4. The summed E-state index contributed by atoms with van der Waals surface area (Å²) in [4.78, 5) is 10.0. The van der Waals surface area contributed by atoms with Gasteiger partial charge in [-0.2, -0.15) is 0 Å². The van der Waals surface area contributed by atoms with Gasteiger partial charge >= 0.3 is 0 Å². The van der Waals surface area contributed by atoms with Crippen molar-refractivity contribution in [3.63, 3.8) is 0 Å². The van der Waals surface area contributed by atoms with Gasteiger partial charge in [-0.3, -0.25) is 0 Å². The molecule has 2 rings (SSSR count). The number of aryl methyl sites for hydroxylation is 1. The van der Waals surface area contributed by atoms with E-state index in [2.05, 4.69) is 28.7 Å². The Bertz CT molecular complexity index is 318. The Balaban J connectivity index is 2.01. The molecule has 4 nitrogen and oxygen atoms in total. The van der Waals surface area contributed by atoms with E-state index in [0.717, 1.165) is 25.5 Å². The number of hydrogen-bond acceptors (Lipinski definition) is 3. The Morgan fingerprint density at radius 1 is 1.73 bits per heavy atom. The van der Waals surface area contributed by atoms with Crippen LogP contribution in [-0.2, 0) is 6.42 Å². The van der Waals surface area contributed by atoms with Gasteiger partial charge in [-0.15, -0.1) is 0 Å². The molecule has 0 aliphatic carbocycles. The number of hydrogen-bond donors (Lipinski definition) is 2. The molecular formula is C11H20N4. The number of nitrogens with one attached hydrogen (secondary N) is 1. The molecule has 2 unspecified atom stereocenters. The van der Waals surface area contributed by atoms with Crippen molar-refractivity contribution in [3.05, 3.63) is 11.9 Å². The Kier molecular flexibility index (Phi) is 2.95. The van der Waals surface area contributed by atoms with Crippen molar-refractivity contribution >= 4 is 5.95 Å². The van der Waals surface area contributed by atoms with Gasteiger partial charge < -0.3 is 15.6 Å². The predicted molar refractivity (Wildman–Crippen MR) is 61.9 cm³/mol. The summed E-state index contributed by atoms with van der Waals surface area (Å²) in [6.45, 7) is 6.33. The van der Waals surface area contributed by atoms with Gasteiger partial charge in [-0.25, -0.2) is 4.98 Å². The third kappa shape index (κ3) is 2.15. The summed E-state index contributed by atoms with van der Waals surface area (Å²) in [5.74, 6) is 1.62. The Labute approximate surface area is 90.9 Å². The van der Waals surface area contributed by atoms with Crippen LogP contribution in [0.15, 0.2) is 6.20 Å². The maximum atomic E-state index is 5.91. The smallest absolute Gasteiger partial charge is 0.202 e. The van der Waals surface area contributed by atoms with Crippen LogP contribution in [-0.4, -0.2) is 29.1 Å². The Morgan fingerprint density at radius 3 is 3.07 bits per heavy atom. The number of imidazole rings is 1. The number of aromatic nitrogens is 2. The quantitative estimate of drug-likeness (QED) is 0.783. The van der Waals surface area contributed by atoms with E-state index in [1.807, 2.05) is 6.20 Å². The van der Waals surface area contributed by atoms with E-state index in [9.17, 15) is 0 Å². The number of aromatic amines is 1. The van der Waals surface area contributed by atoms with E-state index < -0.39 is 0 Å². The highest BCUT2D eigenvalue weighted by atomic mass is 15.3. The fraction of sp³-hybridized carbons (Fsp3) is 0.727. The summed E-state index contributed by atoms with van der Waals surface area (Å²) < 4.78 is 0. The molecule has 1 aliphatic heterocycles. The molecule has 84 valence electrons. The van der Waals surface area contributed by atoms with E-state index in [1.165, 1.54) is 12.1 Å². The van der Waals surface area contributed by atoms with Crippen LogP contribution in [0.3, 0.4) is 0 Å². The average Bonchev–Trinajstić information content (AvgIpc) is 2.86. The number of nitrogens with zero attached hydrogens (tertiary/aromatic N) is 2. The molecule has 0 aromatic carbocycles. The minimum atomic E-state index is 0.288. The number of H-pyrrole nitrogens is 1. The van der Waals surface area contributed by atoms with E-state index in [1.54, 1.807) is 0 Å². The molecule has 4 heteroatoms. The minimum Gasteiger partial charge on any atom is -0.342 e. The topological polar surface area (TPSA) is 57.9 Å². The lowest BCUT2D eigenvalue weighted by Gasteiger charge is -2.16. The van der Waals surface area contributed by atoms with Gasteiger partial charge in [-0.05, 0) is 25.7 Å². The van der Waals surface area contributed by atoms with Crippen molar-refractivity contribution in [2.45, 2.75) is 32.7 Å². The molecule has 0 amide bonds. The van der Waals surface area contributed by atoms with Crippen LogP contribution < -0.4 is 10.6 Å². The van der Waals surface area contributed by atoms with E-state index in [-0.39, 0.29) is 6.04 Å². The second-order valence-electron chi connectivity index (χ2n) is 4.44. The summed E-state index contributed by atoms with van der Waals surface area (Å²) in [6.07, 6.45) is 4.12. The van der Waals surface area contributed by atoms with Gasteiger partial charge in [0, 0.05) is 24.8 Å². The second kappa shape index (κ2) is 4.23. The van der Waals surface area contributed by atoms with E-state index in [4.69, 9.17) is 5.73 Å². The van der Waals surface area contributed by atoms with Gasteiger partial charge in [0.2, 0.25) is 5.95 Å². The summed E-state index contributed by atoms with van der Waals surface area (Å²) in [6, 6.07) is 0.288. The highest BCUT2D eigenvalue weighted by Gasteiger charge is 2.26. The summed E-state index contributed by atoms with van der Waals surface area (Å²) in [7, 11) is 0. The van der Waals surface area contributed by atoms with Crippen LogP contribution in [0, 0.1) is 5.92 Å². The molecule has 1 aliphatic rings. The third-order valence-electron chi connectivity index (χ3n) is 3.26. The lowest BCUT2D eigenvalue weighted by atomic mass is 10.0. The average molecular weight is 208 g/mol. The van der Waals surface area contributed by atoms with Crippen LogP contribution in [0.4, 0.5) is 5.95 Å². The first-order valence-corrected chi connectivity index (χ1v) is 5.75. The number of nitrogens with two attached hydrogens (primary N) is 1. The summed E-state index contributed by atoms with van der Waals surface area (Å²) in [5, 5.41) is 0. The summed E-state index contributed by atoms with van der Waals surface area (Å²) >= 11 is 0. The van der Waals surface area contributed by atoms with Crippen molar-refractivity contribution in [1.29, 1.82) is 0 Å². The number of anilines is 1. The molecular weight excluding hydrogens is 188 g/mol. The molecule has 15 heavy (non-hydrogen) atoms. The van der Waals surface area contributed by atoms with E-state index in [0.29, 0.717) is 5.92 Å². The van der Waals surface area contributed by atoms with Crippen LogP contribution in [0.1, 0.15) is 26.0 Å². The second-order valence-corrected chi connectivity index (χ2v) is 4.44. The molecule has 0 radical (unpaired) electrons. The van der Waals surface area contributed by atoms with Gasteiger partial charge in [0.25, 0.3) is 0 Å². The van der Waals surface area contributed by atoms with Crippen LogP contribution >= 0.6 is 0 Å². The molecule has 2 atom stereocenters. The van der Waals surface area contributed by atoms with Crippen molar-refractivity contribution in [2.75, 3.05) is 18.0 Å². The zero-order chi connectivity index (χ0) is 10.8. The molecule has 0 bridgehead atoms. The van der Waals surface area contributed by atoms with Crippen molar-refractivity contribution in [2.24, 2.45) is 11.7 Å². The van der Waals surface area contributed by atoms with Gasteiger partial charge in [0.05, 0.1) is 6.20 Å². The van der Waals surface area contributed by atoms with Crippen LogP contribution in [0.25, 0.3) is 0 Å². The molecule has 1 saturated heterocycles. The first kappa shape index (κ1) is 10.5. The lowest BCUT2D eigenvalue weighted by molar-refractivity contribution is 0.487. The van der Waals surface area contributed by atoms with Crippen LogP contribution in [0.2, 0.25) is 0 Å². The SMILES string of the molecule is CCc1cnc(N2CCC(C(C)N)C2)[nH]1. The fourth-order valence-electron chi connectivity index (χ4n) is 2.10. The largest absolute Gasteiger partial charge is 0.342 e. The molecule has 3 N–H and O–H groups in total. The number of rotatable bonds is 3. The molecule has 1 aromatic heterocycles. The summed E-state index contributed by atoms with van der Waals surface area (Å²) in [5.41, 5.74) is 7.12. The molecule has 0 saturated carbocycles. The zero-order valence-electron chi connectivity index (χ0n) is 9.53. The molecule has 0 spiro atoms. The monoisotopic (exact) mass is 208 g/mol. The Hall–Kier alpha value is -1.03. The Morgan fingerprint density at radius 2 is 2.53 bits per heavy atom.